The van der Waals surface area contributed by atoms with Crippen LogP contribution in [0.2, 0.25) is 0 Å². The molecule has 12 rings (SSSR count). The number of fused-ring (bicyclic) bond motifs is 10. The highest BCUT2D eigenvalue weighted by Gasteiger charge is 2.25. The van der Waals surface area contributed by atoms with Crippen LogP contribution in [-0.4, -0.2) is 0 Å². The topological polar surface area (TPSA) is 26.3 Å². The smallest absolute Gasteiger partial charge is 0.143 e. The molecule has 2 nitrogen and oxygen atoms in total. The molecular weight excluding hydrogens is 689 g/mol. The Morgan fingerprint density at radius 2 is 0.891 bits per heavy atom. The molecule has 0 saturated carbocycles. The van der Waals surface area contributed by atoms with Crippen LogP contribution in [0.5, 0.6) is 0 Å². The van der Waals surface area contributed by atoms with Crippen LogP contribution in [0.25, 0.3) is 119 Å². The van der Waals surface area contributed by atoms with Crippen LogP contribution >= 0.6 is 11.3 Å². The van der Waals surface area contributed by atoms with Crippen molar-refractivity contribution in [3.8, 4) is 44.7 Å². The van der Waals surface area contributed by atoms with Crippen molar-refractivity contribution in [2.45, 2.75) is 0 Å². The summed E-state index contributed by atoms with van der Waals surface area (Å²) in [5.41, 5.74) is 10.5. The molecular formula is C52H30O2S. The molecule has 0 amide bonds. The summed E-state index contributed by atoms with van der Waals surface area (Å²) in [4.78, 5) is 0. The second-order valence-corrected chi connectivity index (χ2v) is 15.4. The molecule has 0 atom stereocenters. The van der Waals surface area contributed by atoms with Crippen LogP contribution in [0.15, 0.2) is 191 Å². The van der Waals surface area contributed by atoms with E-state index in [0.717, 1.165) is 60.9 Å². The highest BCUT2D eigenvalue weighted by Crippen LogP contribution is 2.50. The maximum Gasteiger partial charge on any atom is 0.143 e. The number of hydrogen-bond acceptors (Lipinski definition) is 3. The fourth-order valence-corrected chi connectivity index (χ4v) is 10.0. The minimum Gasteiger partial charge on any atom is -0.455 e. The van der Waals surface area contributed by atoms with Gasteiger partial charge in [-0.1, -0.05) is 152 Å². The molecule has 0 bridgehead atoms. The van der Waals surface area contributed by atoms with Crippen LogP contribution in [0.3, 0.4) is 0 Å². The molecule has 0 aliphatic rings. The van der Waals surface area contributed by atoms with Crippen molar-refractivity contribution in [2.24, 2.45) is 0 Å². The summed E-state index contributed by atoms with van der Waals surface area (Å²) in [5.74, 6) is 0.862. The predicted octanol–water partition coefficient (Wildman–Crippen LogP) is 15.7. The first-order valence-electron chi connectivity index (χ1n) is 18.7. The normalized spacial score (nSPS) is 12.0. The summed E-state index contributed by atoms with van der Waals surface area (Å²) in [7, 11) is 0. The number of thiophene rings is 1. The van der Waals surface area contributed by atoms with Crippen LogP contribution in [-0.2, 0) is 0 Å². The molecule has 9 aromatic carbocycles. The zero-order valence-electron chi connectivity index (χ0n) is 29.5. The van der Waals surface area contributed by atoms with Gasteiger partial charge in [0.25, 0.3) is 0 Å². The van der Waals surface area contributed by atoms with E-state index in [1.165, 1.54) is 58.4 Å². The van der Waals surface area contributed by atoms with E-state index in [1.54, 1.807) is 0 Å². The highest BCUT2D eigenvalue weighted by atomic mass is 32.1. The van der Waals surface area contributed by atoms with Crippen LogP contribution in [0.1, 0.15) is 0 Å². The van der Waals surface area contributed by atoms with Crippen LogP contribution in [0, 0.1) is 0 Å². The minimum absolute atomic E-state index is 0.842. The molecule has 0 saturated heterocycles. The van der Waals surface area contributed by atoms with Gasteiger partial charge in [0.1, 0.15) is 22.5 Å². The number of benzene rings is 9. The Kier molecular flexibility index (Phi) is 6.54. The number of hydrogen-bond donors (Lipinski definition) is 0. The van der Waals surface area contributed by atoms with E-state index in [9.17, 15) is 0 Å². The predicted molar refractivity (Wildman–Crippen MR) is 233 cm³/mol. The number of furan rings is 2. The molecule has 3 heteroatoms. The molecule has 0 unspecified atom stereocenters. The quantitative estimate of drug-likeness (QED) is 0.169. The maximum absolute atomic E-state index is 7.00. The summed E-state index contributed by atoms with van der Waals surface area (Å²) >= 11 is 1.86. The fourth-order valence-electron chi connectivity index (χ4n) is 8.96. The molecule has 256 valence electrons. The van der Waals surface area contributed by atoms with Crippen molar-refractivity contribution in [2.75, 3.05) is 0 Å². The molecule has 0 N–H and O–H groups in total. The zero-order chi connectivity index (χ0) is 36.0. The van der Waals surface area contributed by atoms with E-state index in [-0.39, 0.29) is 0 Å². The summed E-state index contributed by atoms with van der Waals surface area (Å²) in [6, 6.07) is 65.2. The van der Waals surface area contributed by atoms with E-state index in [2.05, 4.69) is 176 Å². The highest BCUT2D eigenvalue weighted by molar-refractivity contribution is 7.25. The number of rotatable bonds is 4. The van der Waals surface area contributed by atoms with E-state index in [0.29, 0.717) is 0 Å². The second-order valence-electron chi connectivity index (χ2n) is 14.3. The van der Waals surface area contributed by atoms with E-state index in [1.807, 2.05) is 17.4 Å². The van der Waals surface area contributed by atoms with Crippen LogP contribution in [0.4, 0.5) is 0 Å². The standard InChI is InChI=1S/C52H30O2S/c1-3-14-31(15-4-1)47-50-43(53-51(47)32-16-5-2-6-17-32)28-27-42-49(50)40-24-13-23-39(52(40)54-42)48-37-21-9-7-19-35(37)46(36-20-8-10-22-38(36)48)33-26-29-45-41(30-33)34-18-11-12-25-44(34)55-45/h1-30H. The third kappa shape index (κ3) is 4.48. The summed E-state index contributed by atoms with van der Waals surface area (Å²) in [5, 5.41) is 10.7. The first kappa shape index (κ1) is 30.5. The second kappa shape index (κ2) is 11.8. The maximum atomic E-state index is 7.00. The van der Waals surface area contributed by atoms with Gasteiger partial charge in [0.2, 0.25) is 0 Å². The van der Waals surface area contributed by atoms with E-state index in [4.69, 9.17) is 8.83 Å². The van der Waals surface area contributed by atoms with Gasteiger partial charge in [-0.2, -0.15) is 0 Å². The third-order valence-corrected chi connectivity index (χ3v) is 12.4. The lowest BCUT2D eigenvalue weighted by molar-refractivity contribution is 0.632. The van der Waals surface area contributed by atoms with Crippen molar-refractivity contribution in [3.05, 3.63) is 182 Å². The van der Waals surface area contributed by atoms with Gasteiger partial charge in [-0.05, 0) is 68.6 Å². The molecule has 55 heavy (non-hydrogen) atoms. The van der Waals surface area contributed by atoms with Crippen LogP contribution < -0.4 is 0 Å². The van der Waals surface area contributed by atoms with Crippen molar-refractivity contribution in [1.29, 1.82) is 0 Å². The number of para-hydroxylation sites is 1. The van der Waals surface area contributed by atoms with Crippen molar-refractivity contribution >= 4 is 86.0 Å². The van der Waals surface area contributed by atoms with Crippen molar-refractivity contribution < 1.29 is 8.83 Å². The Labute approximate surface area is 320 Å². The Hall–Kier alpha value is -6.94. The van der Waals surface area contributed by atoms with Gasteiger partial charge >= 0.3 is 0 Å². The largest absolute Gasteiger partial charge is 0.455 e. The van der Waals surface area contributed by atoms with Gasteiger partial charge in [-0.3, -0.25) is 0 Å². The average Bonchev–Trinajstić information content (AvgIpc) is 3.95. The summed E-state index contributed by atoms with van der Waals surface area (Å²) in [6.07, 6.45) is 0. The van der Waals surface area contributed by atoms with Gasteiger partial charge in [-0.15, -0.1) is 11.3 Å². The molecule has 3 aromatic heterocycles. The average molecular weight is 719 g/mol. The zero-order valence-corrected chi connectivity index (χ0v) is 30.4. The lowest BCUT2D eigenvalue weighted by atomic mass is 9.85. The van der Waals surface area contributed by atoms with Gasteiger partial charge in [0.15, 0.2) is 0 Å². The Morgan fingerprint density at radius 1 is 0.327 bits per heavy atom. The van der Waals surface area contributed by atoms with Crippen molar-refractivity contribution in [1.82, 2.24) is 0 Å². The van der Waals surface area contributed by atoms with Crippen molar-refractivity contribution in [3.63, 3.8) is 0 Å². The SMILES string of the molecule is c1ccc(-c2oc3ccc4oc5c(-c6c7ccccc7c(-c7ccc8sc9ccccc9c8c7)c7ccccc67)cccc5c4c3c2-c2ccccc2)cc1. The van der Waals surface area contributed by atoms with E-state index < -0.39 is 0 Å². The molecule has 0 radical (unpaired) electrons. The Bertz CT molecular complexity index is 3420. The molecule has 0 fully saturated rings. The molecule has 0 aliphatic heterocycles. The fraction of sp³-hybridized carbons (Fsp3) is 0. The minimum atomic E-state index is 0.842. The van der Waals surface area contributed by atoms with Gasteiger partial charge in [0.05, 0.1) is 0 Å². The third-order valence-electron chi connectivity index (χ3n) is 11.3. The van der Waals surface area contributed by atoms with Gasteiger partial charge in [0, 0.05) is 58.6 Å². The van der Waals surface area contributed by atoms with Gasteiger partial charge in [-0.25, -0.2) is 0 Å². The summed E-state index contributed by atoms with van der Waals surface area (Å²) < 4.78 is 16.4. The lowest BCUT2D eigenvalue weighted by Crippen LogP contribution is -1.91. The first-order chi connectivity index (χ1) is 27.3. The first-order valence-corrected chi connectivity index (χ1v) is 19.5. The monoisotopic (exact) mass is 718 g/mol. The molecule has 12 aromatic rings. The van der Waals surface area contributed by atoms with E-state index >= 15 is 0 Å². The Morgan fingerprint density at radius 3 is 1.60 bits per heavy atom. The molecule has 0 aliphatic carbocycles. The van der Waals surface area contributed by atoms with Gasteiger partial charge < -0.3 is 8.83 Å². The molecule has 3 heterocycles. The lowest BCUT2D eigenvalue weighted by Gasteiger charge is -2.18. The Balaban J connectivity index is 1.16. The summed E-state index contributed by atoms with van der Waals surface area (Å²) in [6.45, 7) is 0. The molecule has 0 spiro atoms.